The molecule has 0 radical (unpaired) electrons. The van der Waals surface area contributed by atoms with Gasteiger partial charge in [0.05, 0.1) is 0 Å². The summed E-state index contributed by atoms with van der Waals surface area (Å²) in [7, 11) is 0. The highest BCUT2D eigenvalue weighted by Crippen LogP contribution is 2.32. The van der Waals surface area contributed by atoms with Gasteiger partial charge in [0.2, 0.25) is 0 Å². The normalized spacial score (nSPS) is 13.3. The van der Waals surface area contributed by atoms with Gasteiger partial charge in [-0.05, 0) is 28.7 Å². The zero-order valence-corrected chi connectivity index (χ0v) is 13.4. The minimum atomic E-state index is -0.973. The number of hydrogen-bond acceptors (Lipinski definition) is 1. The van der Waals surface area contributed by atoms with Gasteiger partial charge < -0.3 is 5.11 Å². The Morgan fingerprint density at radius 1 is 1.05 bits per heavy atom. The Kier molecular flexibility index (Phi) is 4.31. The van der Waals surface area contributed by atoms with Crippen molar-refractivity contribution in [2.24, 2.45) is 0 Å². The van der Waals surface area contributed by atoms with Gasteiger partial charge in [-0.15, -0.1) is 0 Å². The first-order valence-electron chi connectivity index (χ1n) is 6.53. The first-order valence-corrected chi connectivity index (χ1v) is 7.32. The molecule has 0 aromatic heterocycles. The van der Waals surface area contributed by atoms with Crippen LogP contribution in [-0.4, -0.2) is 5.11 Å². The van der Waals surface area contributed by atoms with Gasteiger partial charge in [-0.3, -0.25) is 0 Å². The highest BCUT2D eigenvalue weighted by atomic mass is 79.9. The molecular weight excluding hydrogens is 319 g/mol. The largest absolute Gasteiger partial charge is 0.384 e. The average Bonchev–Trinajstić information content (AvgIpc) is 2.37. The van der Waals surface area contributed by atoms with Crippen LogP contribution in [0.25, 0.3) is 0 Å². The first-order chi connectivity index (χ1) is 9.30. The fourth-order valence-corrected chi connectivity index (χ4v) is 2.66. The van der Waals surface area contributed by atoms with Crippen LogP contribution in [0.1, 0.15) is 43.6 Å². The van der Waals surface area contributed by atoms with Crippen LogP contribution < -0.4 is 0 Å². The second-order valence-electron chi connectivity index (χ2n) is 5.91. The number of benzene rings is 2. The van der Waals surface area contributed by atoms with Crippen LogP contribution in [-0.2, 0) is 5.41 Å². The maximum absolute atomic E-state index is 13.9. The Bertz CT molecular complexity index is 579. The molecule has 0 spiro atoms. The van der Waals surface area contributed by atoms with Crippen LogP contribution in [0, 0.1) is 5.82 Å². The predicted molar refractivity (Wildman–Crippen MR) is 83.3 cm³/mol. The van der Waals surface area contributed by atoms with Gasteiger partial charge in [-0.2, -0.15) is 0 Å². The molecule has 0 fully saturated rings. The number of rotatable bonds is 2. The average molecular weight is 337 g/mol. The molecule has 2 aromatic rings. The van der Waals surface area contributed by atoms with Crippen molar-refractivity contribution in [3.05, 3.63) is 69.4 Å². The van der Waals surface area contributed by atoms with Crippen LogP contribution in [0.5, 0.6) is 0 Å². The van der Waals surface area contributed by atoms with Gasteiger partial charge in [0.15, 0.2) is 0 Å². The van der Waals surface area contributed by atoms with E-state index in [1.54, 1.807) is 12.1 Å². The van der Waals surface area contributed by atoms with Gasteiger partial charge in [0.1, 0.15) is 11.9 Å². The second-order valence-corrected chi connectivity index (χ2v) is 6.76. The van der Waals surface area contributed by atoms with E-state index in [-0.39, 0.29) is 11.0 Å². The predicted octanol–water partition coefficient (Wildman–Crippen LogP) is 4.97. The summed E-state index contributed by atoms with van der Waals surface area (Å²) < 4.78 is 14.4. The van der Waals surface area contributed by atoms with Crippen molar-refractivity contribution in [1.82, 2.24) is 0 Å². The van der Waals surface area contributed by atoms with Crippen molar-refractivity contribution in [1.29, 1.82) is 0 Å². The van der Waals surface area contributed by atoms with E-state index < -0.39 is 11.9 Å². The van der Waals surface area contributed by atoms with Gasteiger partial charge in [-0.1, -0.05) is 67.0 Å². The van der Waals surface area contributed by atoms with Crippen molar-refractivity contribution in [2.75, 3.05) is 0 Å². The van der Waals surface area contributed by atoms with E-state index in [4.69, 9.17) is 0 Å². The molecular formula is C17H18BrFO. The Morgan fingerprint density at radius 2 is 1.65 bits per heavy atom. The molecule has 0 saturated heterocycles. The molecule has 1 nitrogen and oxygen atoms in total. The molecule has 20 heavy (non-hydrogen) atoms. The van der Waals surface area contributed by atoms with Crippen LogP contribution in [0.4, 0.5) is 4.39 Å². The summed E-state index contributed by atoms with van der Waals surface area (Å²) in [4.78, 5) is 0. The van der Waals surface area contributed by atoms with Crippen LogP contribution in [0.2, 0.25) is 0 Å². The molecule has 0 aliphatic rings. The summed E-state index contributed by atoms with van der Waals surface area (Å²) in [5, 5.41) is 10.4. The summed E-state index contributed by atoms with van der Waals surface area (Å²) in [5.41, 5.74) is 2.20. The second kappa shape index (κ2) is 5.66. The fourth-order valence-electron chi connectivity index (χ4n) is 2.10. The third-order valence-corrected chi connectivity index (χ3v) is 4.06. The van der Waals surface area contributed by atoms with Gasteiger partial charge >= 0.3 is 0 Å². The van der Waals surface area contributed by atoms with E-state index in [1.807, 2.05) is 24.3 Å². The molecule has 1 unspecified atom stereocenters. The number of hydrogen-bond donors (Lipinski definition) is 1. The van der Waals surface area contributed by atoms with E-state index in [0.29, 0.717) is 10.0 Å². The van der Waals surface area contributed by atoms with Crippen molar-refractivity contribution in [2.45, 2.75) is 32.3 Å². The topological polar surface area (TPSA) is 20.2 Å². The molecule has 2 aromatic carbocycles. The molecule has 3 heteroatoms. The van der Waals surface area contributed by atoms with Crippen molar-refractivity contribution >= 4 is 15.9 Å². The maximum Gasteiger partial charge on any atom is 0.130 e. The summed E-state index contributed by atoms with van der Waals surface area (Å²) in [6.07, 6.45) is -0.973. The number of aliphatic hydroxyl groups is 1. The highest BCUT2D eigenvalue weighted by Gasteiger charge is 2.19. The third kappa shape index (κ3) is 3.10. The molecule has 2 rings (SSSR count). The van der Waals surface area contributed by atoms with E-state index >= 15 is 0 Å². The summed E-state index contributed by atoms with van der Waals surface area (Å²) in [6.45, 7) is 6.39. The van der Waals surface area contributed by atoms with Gasteiger partial charge in [-0.25, -0.2) is 4.39 Å². The Labute approximate surface area is 127 Å². The van der Waals surface area contributed by atoms with E-state index in [9.17, 15) is 9.50 Å². The number of aliphatic hydroxyl groups excluding tert-OH is 1. The first kappa shape index (κ1) is 15.2. The third-order valence-electron chi connectivity index (χ3n) is 3.37. The monoisotopic (exact) mass is 336 g/mol. The summed E-state index contributed by atoms with van der Waals surface area (Å²) in [6, 6.07) is 12.4. The minimum absolute atomic E-state index is 0.0576. The van der Waals surface area contributed by atoms with E-state index in [0.717, 1.165) is 0 Å². The summed E-state index contributed by atoms with van der Waals surface area (Å²) >= 11 is 3.29. The van der Waals surface area contributed by atoms with Crippen LogP contribution in [0.3, 0.4) is 0 Å². The standard InChI is InChI=1S/C17H18BrFO/c1-17(2,3)12-9-7-11(8-10-12)16(20)15-13(18)5-4-6-14(15)19/h4-10,16,20H,1-3H3. The zero-order valence-electron chi connectivity index (χ0n) is 11.8. The fraction of sp³-hybridized carbons (Fsp3) is 0.294. The molecule has 0 bridgehead atoms. The molecule has 1 N–H and O–H groups in total. The Balaban J connectivity index is 2.37. The quantitative estimate of drug-likeness (QED) is 0.821. The Hall–Kier alpha value is -1.19. The van der Waals surface area contributed by atoms with Crippen LogP contribution >= 0.6 is 15.9 Å². The molecule has 0 heterocycles. The van der Waals surface area contributed by atoms with Crippen molar-refractivity contribution in [3.63, 3.8) is 0 Å². The molecule has 0 amide bonds. The molecule has 0 aliphatic carbocycles. The lowest BCUT2D eigenvalue weighted by molar-refractivity contribution is 0.214. The molecule has 1 atom stereocenters. The van der Waals surface area contributed by atoms with Gasteiger partial charge in [0.25, 0.3) is 0 Å². The van der Waals surface area contributed by atoms with E-state index in [2.05, 4.69) is 36.7 Å². The molecule has 0 saturated carbocycles. The van der Waals surface area contributed by atoms with Crippen molar-refractivity contribution in [3.8, 4) is 0 Å². The lowest BCUT2D eigenvalue weighted by Gasteiger charge is -2.20. The minimum Gasteiger partial charge on any atom is -0.384 e. The lowest BCUT2D eigenvalue weighted by atomic mass is 9.86. The maximum atomic E-state index is 13.9. The van der Waals surface area contributed by atoms with E-state index in [1.165, 1.54) is 11.6 Å². The molecule has 0 aliphatic heterocycles. The Morgan fingerprint density at radius 3 is 2.15 bits per heavy atom. The molecule has 106 valence electrons. The van der Waals surface area contributed by atoms with Crippen molar-refractivity contribution < 1.29 is 9.50 Å². The van der Waals surface area contributed by atoms with Crippen LogP contribution in [0.15, 0.2) is 46.9 Å². The summed E-state index contributed by atoms with van der Waals surface area (Å²) in [5.74, 6) is -0.410. The highest BCUT2D eigenvalue weighted by molar-refractivity contribution is 9.10. The SMILES string of the molecule is CC(C)(C)c1ccc(C(O)c2c(F)cccc2Br)cc1. The van der Waals surface area contributed by atoms with Gasteiger partial charge in [0, 0.05) is 10.0 Å². The number of halogens is 2. The smallest absolute Gasteiger partial charge is 0.130 e. The zero-order chi connectivity index (χ0) is 14.9. The lowest BCUT2D eigenvalue weighted by Crippen LogP contribution is -2.11.